The van der Waals surface area contributed by atoms with Gasteiger partial charge in [0, 0.05) is 18.8 Å². The molecule has 0 bridgehead atoms. The number of aromatic nitrogens is 2. The van der Waals surface area contributed by atoms with Crippen molar-refractivity contribution in [1.29, 1.82) is 0 Å². The smallest absolute Gasteiger partial charge is 0.437 e. The number of rotatable bonds is 5. The lowest BCUT2D eigenvalue weighted by Gasteiger charge is -2.34. The van der Waals surface area contributed by atoms with Crippen molar-refractivity contribution in [2.45, 2.75) is 25.9 Å². The second-order valence-electron chi connectivity index (χ2n) is 7.61. The Hall–Kier alpha value is -3.36. The van der Waals surface area contributed by atoms with Crippen LogP contribution in [0.15, 0.2) is 48.5 Å². The van der Waals surface area contributed by atoms with Crippen molar-refractivity contribution in [3.63, 3.8) is 0 Å². The predicted molar refractivity (Wildman–Crippen MR) is 116 cm³/mol. The van der Waals surface area contributed by atoms with Gasteiger partial charge in [0.2, 0.25) is 5.91 Å². The SMILES string of the molecule is CCOc1ccc(NC(=O)C2CCCN(c3nc4ccccc4nc3C(F)(F)F)C2)cc1. The highest BCUT2D eigenvalue weighted by Gasteiger charge is 2.40. The number of piperidine rings is 1. The van der Waals surface area contributed by atoms with Crippen molar-refractivity contribution in [2.24, 2.45) is 5.92 Å². The minimum absolute atomic E-state index is 0.138. The fourth-order valence-electron chi connectivity index (χ4n) is 3.83. The van der Waals surface area contributed by atoms with Crippen LogP contribution in [0, 0.1) is 5.92 Å². The van der Waals surface area contributed by atoms with Gasteiger partial charge in [0.15, 0.2) is 11.5 Å². The van der Waals surface area contributed by atoms with Gasteiger partial charge >= 0.3 is 6.18 Å². The number of ether oxygens (including phenoxy) is 1. The molecule has 0 saturated carbocycles. The monoisotopic (exact) mass is 444 g/mol. The van der Waals surface area contributed by atoms with Crippen molar-refractivity contribution < 1.29 is 22.7 Å². The first kappa shape index (κ1) is 21.9. The molecule has 32 heavy (non-hydrogen) atoms. The third kappa shape index (κ3) is 4.76. The van der Waals surface area contributed by atoms with Gasteiger partial charge in [-0.1, -0.05) is 12.1 Å². The molecule has 3 aromatic rings. The second kappa shape index (κ2) is 9.02. The molecule has 2 heterocycles. The standard InChI is InChI=1S/C23H23F3N4O2/c1-2-32-17-11-9-16(10-12-17)27-22(31)15-6-5-13-30(14-15)21-20(23(24,25)26)28-18-7-3-4-8-19(18)29-21/h3-4,7-12,15H,2,5-6,13-14H2,1H3,(H,27,31). The van der Waals surface area contributed by atoms with Gasteiger partial charge in [-0.2, -0.15) is 13.2 Å². The third-order valence-electron chi connectivity index (χ3n) is 5.35. The van der Waals surface area contributed by atoms with Gasteiger partial charge in [0.05, 0.1) is 23.6 Å². The highest BCUT2D eigenvalue weighted by molar-refractivity contribution is 5.93. The van der Waals surface area contributed by atoms with Crippen LogP contribution in [0.4, 0.5) is 24.7 Å². The summed E-state index contributed by atoms with van der Waals surface area (Å²) in [5.41, 5.74) is 0.155. The lowest BCUT2D eigenvalue weighted by molar-refractivity contribution is -0.140. The molecular weight excluding hydrogens is 421 g/mol. The number of alkyl halides is 3. The van der Waals surface area contributed by atoms with E-state index < -0.39 is 17.8 Å². The quantitative estimate of drug-likeness (QED) is 0.606. The van der Waals surface area contributed by atoms with Crippen molar-refractivity contribution in [3.05, 3.63) is 54.2 Å². The maximum atomic E-state index is 13.7. The molecule has 1 N–H and O–H groups in total. The summed E-state index contributed by atoms with van der Waals surface area (Å²) in [7, 11) is 0. The lowest BCUT2D eigenvalue weighted by Crippen LogP contribution is -2.42. The minimum atomic E-state index is -4.65. The van der Waals surface area contributed by atoms with Gasteiger partial charge in [-0.3, -0.25) is 4.79 Å². The number of nitrogens with one attached hydrogen (secondary N) is 1. The number of anilines is 2. The van der Waals surface area contributed by atoms with Crippen LogP contribution < -0.4 is 15.0 Å². The third-order valence-corrected chi connectivity index (χ3v) is 5.35. The zero-order valence-corrected chi connectivity index (χ0v) is 17.5. The summed E-state index contributed by atoms with van der Waals surface area (Å²) in [5.74, 6) is -0.232. The number of carbonyl (C=O) groups is 1. The highest BCUT2D eigenvalue weighted by atomic mass is 19.4. The molecule has 1 saturated heterocycles. The van der Waals surface area contributed by atoms with E-state index >= 15 is 0 Å². The number of amides is 1. The zero-order valence-electron chi connectivity index (χ0n) is 17.5. The van der Waals surface area contributed by atoms with Crippen LogP contribution >= 0.6 is 0 Å². The van der Waals surface area contributed by atoms with E-state index in [2.05, 4.69) is 15.3 Å². The van der Waals surface area contributed by atoms with E-state index in [0.717, 1.165) is 0 Å². The van der Waals surface area contributed by atoms with Crippen LogP contribution in [0.5, 0.6) is 5.75 Å². The van der Waals surface area contributed by atoms with Crippen LogP contribution in [-0.4, -0.2) is 35.6 Å². The van der Waals surface area contributed by atoms with Crippen molar-refractivity contribution in [1.82, 2.24) is 9.97 Å². The summed E-state index contributed by atoms with van der Waals surface area (Å²) in [5, 5.41) is 2.85. The largest absolute Gasteiger partial charge is 0.494 e. The van der Waals surface area contributed by atoms with E-state index in [-0.39, 0.29) is 23.8 Å². The van der Waals surface area contributed by atoms with E-state index in [4.69, 9.17) is 4.74 Å². The van der Waals surface area contributed by atoms with Gasteiger partial charge in [0.1, 0.15) is 5.75 Å². The Kier molecular flexibility index (Phi) is 6.16. The molecule has 0 radical (unpaired) electrons. The first-order chi connectivity index (χ1) is 15.3. The Morgan fingerprint density at radius 2 is 1.81 bits per heavy atom. The van der Waals surface area contributed by atoms with Gasteiger partial charge in [-0.25, -0.2) is 9.97 Å². The Morgan fingerprint density at radius 1 is 1.12 bits per heavy atom. The van der Waals surface area contributed by atoms with Crippen LogP contribution in [0.1, 0.15) is 25.5 Å². The van der Waals surface area contributed by atoms with Crippen molar-refractivity contribution in [3.8, 4) is 5.75 Å². The molecule has 9 heteroatoms. The molecule has 168 valence electrons. The van der Waals surface area contributed by atoms with Gasteiger partial charge in [0.25, 0.3) is 0 Å². The molecular formula is C23H23F3N4O2. The topological polar surface area (TPSA) is 67.3 Å². The number of halogens is 3. The summed E-state index contributed by atoms with van der Waals surface area (Å²) in [6.45, 7) is 2.94. The molecule has 6 nitrogen and oxygen atoms in total. The molecule has 1 unspecified atom stereocenters. The number of para-hydroxylation sites is 2. The summed E-state index contributed by atoms with van der Waals surface area (Å²) in [6, 6.07) is 13.5. The van der Waals surface area contributed by atoms with E-state index in [1.165, 1.54) is 11.0 Å². The second-order valence-corrected chi connectivity index (χ2v) is 7.61. The highest BCUT2D eigenvalue weighted by Crippen LogP contribution is 2.36. The molecule has 1 aliphatic heterocycles. The summed E-state index contributed by atoms with van der Waals surface area (Å²) >= 11 is 0. The zero-order chi connectivity index (χ0) is 22.7. The summed E-state index contributed by atoms with van der Waals surface area (Å²) in [6.07, 6.45) is -3.49. The number of nitrogens with zero attached hydrogens (tertiary/aromatic N) is 3. The molecule has 1 aliphatic rings. The number of carbonyl (C=O) groups excluding carboxylic acids is 1. The van der Waals surface area contributed by atoms with Crippen LogP contribution in [0.2, 0.25) is 0 Å². The van der Waals surface area contributed by atoms with Gasteiger partial charge in [-0.05, 0) is 56.2 Å². The van der Waals surface area contributed by atoms with E-state index in [1.807, 2.05) is 6.92 Å². The normalized spacial score (nSPS) is 16.8. The minimum Gasteiger partial charge on any atom is -0.494 e. The molecule has 0 aliphatic carbocycles. The molecule has 1 atom stereocenters. The number of hydrogen-bond donors (Lipinski definition) is 1. The Labute approximate surface area is 183 Å². The van der Waals surface area contributed by atoms with Gasteiger partial charge in [-0.15, -0.1) is 0 Å². The average Bonchev–Trinajstić information content (AvgIpc) is 2.79. The summed E-state index contributed by atoms with van der Waals surface area (Å²) in [4.78, 5) is 22.5. The Bertz CT molecular complexity index is 1100. The molecule has 1 aromatic heterocycles. The van der Waals surface area contributed by atoms with E-state index in [9.17, 15) is 18.0 Å². The molecule has 4 rings (SSSR count). The predicted octanol–water partition coefficient (Wildman–Crippen LogP) is 4.90. The molecule has 2 aromatic carbocycles. The van der Waals surface area contributed by atoms with Crippen LogP contribution in [0.25, 0.3) is 11.0 Å². The number of benzene rings is 2. The van der Waals surface area contributed by atoms with Crippen molar-refractivity contribution >= 4 is 28.4 Å². The fourth-order valence-corrected chi connectivity index (χ4v) is 3.83. The first-order valence-corrected chi connectivity index (χ1v) is 10.5. The Morgan fingerprint density at radius 3 is 2.47 bits per heavy atom. The van der Waals surface area contributed by atoms with Crippen LogP contribution in [0.3, 0.4) is 0 Å². The van der Waals surface area contributed by atoms with E-state index in [1.54, 1.807) is 42.5 Å². The first-order valence-electron chi connectivity index (χ1n) is 10.5. The molecule has 0 spiro atoms. The molecule has 1 amide bonds. The number of hydrogen-bond acceptors (Lipinski definition) is 5. The number of fused-ring (bicyclic) bond motifs is 1. The lowest BCUT2D eigenvalue weighted by atomic mass is 9.96. The maximum absolute atomic E-state index is 13.7. The maximum Gasteiger partial charge on any atom is 0.437 e. The average molecular weight is 444 g/mol. The Balaban J connectivity index is 1.54. The van der Waals surface area contributed by atoms with Gasteiger partial charge < -0.3 is 15.0 Å². The summed E-state index contributed by atoms with van der Waals surface area (Å²) < 4.78 is 46.6. The van der Waals surface area contributed by atoms with E-state index in [0.29, 0.717) is 42.9 Å². The fraction of sp³-hybridized carbons (Fsp3) is 0.348. The molecule has 1 fully saturated rings. The van der Waals surface area contributed by atoms with Crippen molar-refractivity contribution in [2.75, 3.05) is 29.9 Å². The van der Waals surface area contributed by atoms with Crippen LogP contribution in [-0.2, 0) is 11.0 Å².